The van der Waals surface area contributed by atoms with Gasteiger partial charge in [0.25, 0.3) is 0 Å². The number of hydrogen-bond donors (Lipinski definition) is 1. The number of hydrogen-bond acceptors (Lipinski definition) is 2. The second-order valence-corrected chi connectivity index (χ2v) is 8.21. The molecule has 1 nitrogen and oxygen atoms in total. The van der Waals surface area contributed by atoms with Crippen LogP contribution in [0.1, 0.15) is 44.0 Å². The van der Waals surface area contributed by atoms with E-state index in [1.165, 1.54) is 25.8 Å². The summed E-state index contributed by atoms with van der Waals surface area (Å²) in [4.78, 5) is 1.55. The monoisotopic (exact) mass is 261 g/mol. The van der Waals surface area contributed by atoms with Gasteiger partial charge in [-0.2, -0.15) is 0 Å². The molecule has 3 saturated carbocycles. The molecule has 5 rings (SSSR count). The fourth-order valence-corrected chi connectivity index (χ4v) is 5.82. The van der Waals surface area contributed by atoms with Crippen molar-refractivity contribution in [2.75, 3.05) is 6.54 Å². The van der Waals surface area contributed by atoms with E-state index in [1.54, 1.807) is 4.88 Å². The summed E-state index contributed by atoms with van der Waals surface area (Å²) in [5.74, 6) is 3.97. The Bertz CT molecular complexity index is 436. The fourth-order valence-electron chi connectivity index (χ4n) is 5.00. The minimum absolute atomic E-state index is 0.638. The Morgan fingerprint density at radius 3 is 2.89 bits per heavy atom. The van der Waals surface area contributed by atoms with Crippen LogP contribution < -0.4 is 5.32 Å². The van der Waals surface area contributed by atoms with Gasteiger partial charge in [-0.3, -0.25) is 0 Å². The molecule has 0 aromatic carbocycles. The Hall–Kier alpha value is -0.340. The van der Waals surface area contributed by atoms with Crippen LogP contribution in [0.5, 0.6) is 0 Å². The summed E-state index contributed by atoms with van der Waals surface area (Å²) in [6.07, 6.45) is 4.39. The number of rotatable bonds is 1. The van der Waals surface area contributed by atoms with E-state index in [1.807, 2.05) is 11.3 Å². The molecule has 5 atom stereocenters. The third kappa shape index (κ3) is 1.48. The quantitative estimate of drug-likeness (QED) is 0.803. The van der Waals surface area contributed by atoms with Gasteiger partial charge in [0.2, 0.25) is 0 Å². The molecule has 1 aromatic rings. The lowest BCUT2D eigenvalue weighted by Gasteiger charge is -2.64. The van der Waals surface area contributed by atoms with Crippen molar-refractivity contribution < 1.29 is 0 Å². The molecule has 0 amide bonds. The van der Waals surface area contributed by atoms with Crippen LogP contribution in [0.25, 0.3) is 0 Å². The van der Waals surface area contributed by atoms with Gasteiger partial charge in [0.05, 0.1) is 0 Å². The maximum Gasteiger partial charge on any atom is 0.0417 e. The van der Waals surface area contributed by atoms with E-state index >= 15 is 0 Å². The number of piperidine rings is 1. The zero-order valence-corrected chi connectivity index (χ0v) is 12.2. The molecule has 0 radical (unpaired) electrons. The normalized spacial score (nSPS) is 45.1. The van der Waals surface area contributed by atoms with Gasteiger partial charge in [-0.1, -0.05) is 19.9 Å². The molecular weight excluding hydrogens is 238 g/mol. The van der Waals surface area contributed by atoms with Crippen molar-refractivity contribution in [2.24, 2.45) is 29.1 Å². The van der Waals surface area contributed by atoms with Crippen LogP contribution in [0.3, 0.4) is 0 Å². The predicted octanol–water partition coefficient (Wildman–Crippen LogP) is 4.08. The maximum absolute atomic E-state index is 3.82. The van der Waals surface area contributed by atoms with Crippen molar-refractivity contribution in [3.8, 4) is 0 Å². The summed E-state index contributed by atoms with van der Waals surface area (Å²) in [6, 6.07) is 5.14. The Morgan fingerprint density at radius 2 is 2.17 bits per heavy atom. The minimum Gasteiger partial charge on any atom is -0.309 e. The van der Waals surface area contributed by atoms with Crippen molar-refractivity contribution >= 4 is 11.3 Å². The molecule has 4 aliphatic rings. The highest BCUT2D eigenvalue weighted by Gasteiger charge is 2.58. The van der Waals surface area contributed by atoms with Crippen LogP contribution in [0.4, 0.5) is 0 Å². The molecular formula is C16H23NS. The molecule has 18 heavy (non-hydrogen) atoms. The smallest absolute Gasteiger partial charge is 0.0417 e. The number of nitrogens with one attached hydrogen (secondary N) is 1. The number of thiophene rings is 1. The molecule has 1 aromatic heterocycles. The average Bonchev–Trinajstić information content (AvgIpc) is 2.91. The van der Waals surface area contributed by atoms with Gasteiger partial charge in [0, 0.05) is 10.9 Å². The fraction of sp³-hybridized carbons (Fsp3) is 0.750. The van der Waals surface area contributed by atoms with Crippen LogP contribution in [-0.2, 0) is 0 Å². The van der Waals surface area contributed by atoms with Crippen LogP contribution in [0.2, 0.25) is 0 Å². The molecule has 0 spiro atoms. The Morgan fingerprint density at radius 1 is 1.28 bits per heavy atom. The molecule has 2 bridgehead atoms. The maximum atomic E-state index is 3.82. The topological polar surface area (TPSA) is 12.0 Å². The molecule has 98 valence electrons. The zero-order valence-electron chi connectivity index (χ0n) is 11.4. The van der Waals surface area contributed by atoms with Crippen LogP contribution >= 0.6 is 11.3 Å². The Balaban J connectivity index is 1.52. The third-order valence-electron chi connectivity index (χ3n) is 6.28. The molecule has 2 heterocycles. The summed E-state index contributed by atoms with van der Waals surface area (Å²) in [6.45, 7) is 6.27. The lowest BCUT2D eigenvalue weighted by Crippen LogP contribution is -2.60. The average molecular weight is 261 g/mol. The van der Waals surface area contributed by atoms with E-state index in [0.717, 1.165) is 23.7 Å². The molecule has 4 fully saturated rings. The highest BCUT2D eigenvalue weighted by Crippen LogP contribution is 2.64. The zero-order chi connectivity index (χ0) is 12.3. The van der Waals surface area contributed by atoms with Gasteiger partial charge in [-0.05, 0) is 66.3 Å². The Labute approximate surface area is 114 Å². The summed E-state index contributed by atoms with van der Waals surface area (Å²) in [5, 5.41) is 6.04. The van der Waals surface area contributed by atoms with E-state index in [4.69, 9.17) is 0 Å². The summed E-state index contributed by atoms with van der Waals surface area (Å²) < 4.78 is 0. The molecule has 5 unspecified atom stereocenters. The SMILES string of the molecule is CC1(C)C2CC3CC(c4cccs4)NCC3C1C2. The molecule has 1 aliphatic heterocycles. The van der Waals surface area contributed by atoms with Crippen LogP contribution in [-0.4, -0.2) is 6.54 Å². The van der Waals surface area contributed by atoms with E-state index in [0.29, 0.717) is 11.5 Å². The molecule has 1 N–H and O–H groups in total. The highest BCUT2D eigenvalue weighted by molar-refractivity contribution is 7.10. The summed E-state index contributed by atoms with van der Waals surface area (Å²) in [5.41, 5.74) is 0.638. The van der Waals surface area contributed by atoms with E-state index < -0.39 is 0 Å². The van der Waals surface area contributed by atoms with Crippen molar-refractivity contribution in [3.63, 3.8) is 0 Å². The first-order chi connectivity index (χ1) is 8.66. The van der Waals surface area contributed by atoms with Gasteiger partial charge in [-0.25, -0.2) is 0 Å². The van der Waals surface area contributed by atoms with Crippen molar-refractivity contribution in [3.05, 3.63) is 22.4 Å². The van der Waals surface area contributed by atoms with Crippen molar-refractivity contribution in [1.29, 1.82) is 0 Å². The van der Waals surface area contributed by atoms with E-state index in [-0.39, 0.29) is 0 Å². The standard InChI is InChI=1S/C16H23NS/c1-16(2)11-6-10-7-14(15-4-3-5-18-15)17-9-12(10)13(16)8-11/h3-5,10-14,17H,6-9H2,1-2H3. The highest BCUT2D eigenvalue weighted by atomic mass is 32.1. The lowest BCUT2D eigenvalue weighted by molar-refractivity contribution is -0.144. The van der Waals surface area contributed by atoms with Gasteiger partial charge >= 0.3 is 0 Å². The van der Waals surface area contributed by atoms with Crippen LogP contribution in [0.15, 0.2) is 17.5 Å². The van der Waals surface area contributed by atoms with Crippen molar-refractivity contribution in [2.45, 2.75) is 39.2 Å². The molecule has 1 saturated heterocycles. The lowest BCUT2D eigenvalue weighted by atomic mass is 9.42. The largest absolute Gasteiger partial charge is 0.309 e. The van der Waals surface area contributed by atoms with Gasteiger partial charge in [0.15, 0.2) is 0 Å². The molecule has 3 aliphatic carbocycles. The second-order valence-electron chi connectivity index (χ2n) is 7.23. The van der Waals surface area contributed by atoms with Crippen molar-refractivity contribution in [1.82, 2.24) is 5.32 Å². The van der Waals surface area contributed by atoms with E-state index in [9.17, 15) is 0 Å². The second kappa shape index (κ2) is 3.83. The summed E-state index contributed by atoms with van der Waals surface area (Å²) >= 11 is 1.92. The van der Waals surface area contributed by atoms with Crippen LogP contribution in [0, 0.1) is 29.1 Å². The predicted molar refractivity (Wildman–Crippen MR) is 76.7 cm³/mol. The van der Waals surface area contributed by atoms with E-state index in [2.05, 4.69) is 36.7 Å². The third-order valence-corrected chi connectivity index (χ3v) is 7.27. The van der Waals surface area contributed by atoms with Gasteiger partial charge < -0.3 is 5.32 Å². The first-order valence-electron chi connectivity index (χ1n) is 7.43. The van der Waals surface area contributed by atoms with Gasteiger partial charge in [0.1, 0.15) is 0 Å². The summed E-state index contributed by atoms with van der Waals surface area (Å²) in [7, 11) is 0. The minimum atomic E-state index is 0.638. The first kappa shape index (κ1) is 11.5. The first-order valence-corrected chi connectivity index (χ1v) is 8.31. The molecule has 2 heteroatoms. The Kier molecular flexibility index (Phi) is 2.44. The van der Waals surface area contributed by atoms with Gasteiger partial charge in [-0.15, -0.1) is 11.3 Å².